The van der Waals surface area contributed by atoms with Gasteiger partial charge in [-0.2, -0.15) is 0 Å². The molecule has 1 aliphatic carbocycles. The molecule has 0 unspecified atom stereocenters. The van der Waals surface area contributed by atoms with Crippen LogP contribution in [0.3, 0.4) is 0 Å². The summed E-state index contributed by atoms with van der Waals surface area (Å²) < 4.78 is 1.31. The molecule has 0 aliphatic heterocycles. The number of aromatic nitrogens is 1. The van der Waals surface area contributed by atoms with Gasteiger partial charge in [0.2, 0.25) is 0 Å². The molecule has 1 aromatic carbocycles. The number of benzene rings is 1. The summed E-state index contributed by atoms with van der Waals surface area (Å²) in [6.07, 6.45) is 6.74. The molecule has 0 saturated carbocycles. The Kier molecular flexibility index (Phi) is 1.49. The molecule has 64 valence electrons. The Morgan fingerprint density at radius 2 is 2.31 bits per heavy atom. The summed E-state index contributed by atoms with van der Waals surface area (Å²) in [5.41, 5.74) is 5.93. The number of hydrogen-bond acceptors (Lipinski definition) is 2. The third-order valence-corrected chi connectivity index (χ3v) is 3.30. The summed E-state index contributed by atoms with van der Waals surface area (Å²) in [6.45, 7) is 0. The minimum absolute atomic E-state index is 1.15. The molecule has 0 saturated heterocycles. The van der Waals surface area contributed by atoms with E-state index in [0.717, 1.165) is 12.8 Å². The molecule has 0 spiro atoms. The van der Waals surface area contributed by atoms with E-state index >= 15 is 0 Å². The maximum absolute atomic E-state index is 4.42. The molecule has 1 nitrogen and oxygen atoms in total. The molecular formula is C11H9NS. The number of aryl methyl sites for hydroxylation is 1. The SMILES string of the molecule is C1=Cc2ccc3scnc3c2CC1. The topological polar surface area (TPSA) is 12.9 Å². The molecule has 0 fully saturated rings. The van der Waals surface area contributed by atoms with Gasteiger partial charge in [0.1, 0.15) is 0 Å². The van der Waals surface area contributed by atoms with Crippen LogP contribution in [0.5, 0.6) is 0 Å². The second kappa shape index (κ2) is 2.67. The first-order chi connectivity index (χ1) is 6.45. The van der Waals surface area contributed by atoms with Gasteiger partial charge in [0.25, 0.3) is 0 Å². The third-order valence-electron chi connectivity index (χ3n) is 2.50. The van der Waals surface area contributed by atoms with Gasteiger partial charge >= 0.3 is 0 Å². The Hall–Kier alpha value is -1.15. The van der Waals surface area contributed by atoms with E-state index in [2.05, 4.69) is 29.3 Å². The second-order valence-corrected chi connectivity index (χ2v) is 4.16. The van der Waals surface area contributed by atoms with Crippen molar-refractivity contribution in [3.8, 4) is 0 Å². The van der Waals surface area contributed by atoms with Crippen LogP contribution in [0.25, 0.3) is 16.3 Å². The van der Waals surface area contributed by atoms with E-state index in [1.54, 1.807) is 11.3 Å². The van der Waals surface area contributed by atoms with Crippen molar-refractivity contribution >= 4 is 27.6 Å². The van der Waals surface area contributed by atoms with Crippen molar-refractivity contribution in [3.63, 3.8) is 0 Å². The number of fused-ring (bicyclic) bond motifs is 3. The average Bonchev–Trinajstić information content (AvgIpc) is 2.65. The van der Waals surface area contributed by atoms with E-state index in [4.69, 9.17) is 0 Å². The van der Waals surface area contributed by atoms with Gasteiger partial charge < -0.3 is 0 Å². The standard InChI is InChI=1S/C11H9NS/c1-2-4-9-8(3-1)5-6-10-11(9)12-7-13-10/h1,3,5-7H,2,4H2. The van der Waals surface area contributed by atoms with Gasteiger partial charge in [-0.25, -0.2) is 4.98 Å². The fraction of sp³-hybridized carbons (Fsp3) is 0.182. The first kappa shape index (κ1) is 7.27. The van der Waals surface area contributed by atoms with Gasteiger partial charge in [-0.3, -0.25) is 0 Å². The van der Waals surface area contributed by atoms with Gasteiger partial charge in [-0.1, -0.05) is 18.2 Å². The lowest BCUT2D eigenvalue weighted by atomic mass is 9.97. The number of rotatable bonds is 0. The fourth-order valence-electron chi connectivity index (χ4n) is 1.86. The van der Waals surface area contributed by atoms with Gasteiger partial charge in [0.05, 0.1) is 15.7 Å². The third kappa shape index (κ3) is 1.02. The maximum Gasteiger partial charge on any atom is 0.0850 e. The zero-order valence-electron chi connectivity index (χ0n) is 7.16. The number of hydrogen-bond donors (Lipinski definition) is 0. The van der Waals surface area contributed by atoms with Crippen LogP contribution in [0, 0.1) is 0 Å². The van der Waals surface area contributed by atoms with Crippen LogP contribution in [0.2, 0.25) is 0 Å². The summed E-state index contributed by atoms with van der Waals surface area (Å²) in [5.74, 6) is 0. The zero-order chi connectivity index (χ0) is 8.67. The van der Waals surface area contributed by atoms with E-state index in [-0.39, 0.29) is 0 Å². The first-order valence-corrected chi connectivity index (χ1v) is 5.35. The van der Waals surface area contributed by atoms with Crippen molar-refractivity contribution in [2.45, 2.75) is 12.8 Å². The molecule has 1 heterocycles. The minimum Gasteiger partial charge on any atom is -0.244 e. The predicted octanol–water partition coefficient (Wildman–Crippen LogP) is 3.26. The normalized spacial score (nSPS) is 14.8. The Bertz CT molecular complexity index is 482. The maximum atomic E-state index is 4.42. The van der Waals surface area contributed by atoms with Gasteiger partial charge in [0.15, 0.2) is 0 Å². The Balaban J connectivity index is 2.42. The van der Waals surface area contributed by atoms with Gasteiger partial charge in [-0.15, -0.1) is 11.3 Å². The highest BCUT2D eigenvalue weighted by Gasteiger charge is 2.09. The summed E-state index contributed by atoms with van der Waals surface area (Å²) in [4.78, 5) is 4.42. The van der Waals surface area contributed by atoms with Crippen molar-refractivity contribution in [2.24, 2.45) is 0 Å². The highest BCUT2D eigenvalue weighted by molar-refractivity contribution is 7.16. The summed E-state index contributed by atoms with van der Waals surface area (Å²) in [6, 6.07) is 4.37. The molecule has 0 bridgehead atoms. The molecule has 13 heavy (non-hydrogen) atoms. The molecular weight excluding hydrogens is 178 g/mol. The van der Waals surface area contributed by atoms with Crippen LogP contribution in [-0.4, -0.2) is 4.98 Å². The van der Waals surface area contributed by atoms with E-state index in [0.29, 0.717) is 0 Å². The monoisotopic (exact) mass is 187 g/mol. The Morgan fingerprint density at radius 1 is 1.31 bits per heavy atom. The highest BCUT2D eigenvalue weighted by Crippen LogP contribution is 2.28. The van der Waals surface area contributed by atoms with Crippen molar-refractivity contribution in [1.82, 2.24) is 4.98 Å². The lowest BCUT2D eigenvalue weighted by Crippen LogP contribution is -1.94. The van der Waals surface area contributed by atoms with Crippen LogP contribution in [0.1, 0.15) is 17.5 Å². The first-order valence-electron chi connectivity index (χ1n) is 4.47. The molecule has 0 N–H and O–H groups in total. The summed E-state index contributed by atoms with van der Waals surface area (Å²) in [7, 11) is 0. The molecule has 2 heteroatoms. The lowest BCUT2D eigenvalue weighted by Gasteiger charge is -2.09. The molecule has 0 atom stereocenters. The van der Waals surface area contributed by atoms with E-state index < -0.39 is 0 Å². The summed E-state index contributed by atoms with van der Waals surface area (Å²) >= 11 is 1.72. The minimum atomic E-state index is 1.15. The quantitative estimate of drug-likeness (QED) is 0.617. The van der Waals surface area contributed by atoms with Crippen molar-refractivity contribution in [3.05, 3.63) is 34.8 Å². The van der Waals surface area contributed by atoms with E-state index in [1.165, 1.54) is 21.3 Å². The Morgan fingerprint density at radius 3 is 3.31 bits per heavy atom. The number of nitrogens with zero attached hydrogens (tertiary/aromatic N) is 1. The number of allylic oxidation sites excluding steroid dienone is 1. The molecule has 1 aromatic heterocycles. The molecule has 0 radical (unpaired) electrons. The molecule has 0 amide bonds. The van der Waals surface area contributed by atoms with Crippen molar-refractivity contribution < 1.29 is 0 Å². The van der Waals surface area contributed by atoms with Crippen LogP contribution in [0.15, 0.2) is 23.7 Å². The average molecular weight is 187 g/mol. The zero-order valence-corrected chi connectivity index (χ0v) is 7.97. The van der Waals surface area contributed by atoms with Crippen molar-refractivity contribution in [1.29, 1.82) is 0 Å². The van der Waals surface area contributed by atoms with Gasteiger partial charge in [-0.05, 0) is 30.0 Å². The van der Waals surface area contributed by atoms with E-state index in [9.17, 15) is 0 Å². The predicted molar refractivity (Wildman–Crippen MR) is 57.0 cm³/mol. The summed E-state index contributed by atoms with van der Waals surface area (Å²) in [5, 5.41) is 0. The Labute approximate surface area is 80.7 Å². The van der Waals surface area contributed by atoms with Crippen LogP contribution >= 0.6 is 11.3 Å². The molecule has 1 aliphatic rings. The van der Waals surface area contributed by atoms with Gasteiger partial charge in [0, 0.05) is 0 Å². The largest absolute Gasteiger partial charge is 0.244 e. The lowest BCUT2D eigenvalue weighted by molar-refractivity contribution is 0.993. The molecule has 2 aromatic rings. The smallest absolute Gasteiger partial charge is 0.0850 e. The van der Waals surface area contributed by atoms with Crippen molar-refractivity contribution in [2.75, 3.05) is 0 Å². The number of thiazole rings is 1. The molecule has 3 rings (SSSR count). The van der Waals surface area contributed by atoms with Crippen LogP contribution in [-0.2, 0) is 6.42 Å². The van der Waals surface area contributed by atoms with Crippen LogP contribution < -0.4 is 0 Å². The van der Waals surface area contributed by atoms with Crippen LogP contribution in [0.4, 0.5) is 0 Å². The fourth-order valence-corrected chi connectivity index (χ4v) is 2.57. The highest BCUT2D eigenvalue weighted by atomic mass is 32.1. The van der Waals surface area contributed by atoms with E-state index in [1.807, 2.05) is 5.51 Å². The second-order valence-electron chi connectivity index (χ2n) is 3.27.